The summed E-state index contributed by atoms with van der Waals surface area (Å²) in [4.78, 5) is 23.1. The van der Waals surface area contributed by atoms with Gasteiger partial charge < -0.3 is 14.8 Å². The van der Waals surface area contributed by atoms with Crippen LogP contribution in [0.4, 0.5) is 0 Å². The number of aryl methyl sites for hydroxylation is 1. The molecule has 5 nitrogen and oxygen atoms in total. The van der Waals surface area contributed by atoms with Crippen LogP contribution in [0.3, 0.4) is 0 Å². The van der Waals surface area contributed by atoms with Gasteiger partial charge in [0.25, 0.3) is 5.91 Å². The quantitative estimate of drug-likeness (QED) is 0.830. The average Bonchev–Trinajstić information content (AvgIpc) is 2.83. The third-order valence-electron chi connectivity index (χ3n) is 3.30. The third-order valence-corrected chi connectivity index (χ3v) is 4.16. The summed E-state index contributed by atoms with van der Waals surface area (Å²) < 4.78 is 5.15. The van der Waals surface area contributed by atoms with E-state index in [0.717, 1.165) is 5.56 Å². The minimum atomic E-state index is -1.06. The molecule has 0 bridgehead atoms. The molecule has 2 N–H and O–H groups in total. The minimum absolute atomic E-state index is 0.147. The molecule has 1 aromatic heterocycles. The first-order chi connectivity index (χ1) is 10.9. The number of benzene rings is 1. The standard InChI is InChI=1S/C16H15Cl2NO4/c1-9-8-23-12(7-13(20)21)14(9)16(22)19-6-5-10-3-2-4-11(17)15(10)18/h2-4,8H,5-7H2,1H3,(H,19,22)(H,20,21). The third kappa shape index (κ3) is 4.27. The SMILES string of the molecule is Cc1coc(CC(=O)O)c1C(=O)NCCc1cccc(Cl)c1Cl. The van der Waals surface area contributed by atoms with E-state index in [1.807, 2.05) is 6.07 Å². The van der Waals surface area contributed by atoms with Crippen molar-refractivity contribution in [3.05, 3.63) is 57.0 Å². The van der Waals surface area contributed by atoms with Crippen molar-refractivity contribution < 1.29 is 19.1 Å². The molecule has 7 heteroatoms. The lowest BCUT2D eigenvalue weighted by Crippen LogP contribution is -2.27. The first kappa shape index (κ1) is 17.4. The second-order valence-electron chi connectivity index (χ2n) is 5.01. The summed E-state index contributed by atoms with van der Waals surface area (Å²) in [5.41, 5.74) is 1.69. The molecule has 2 aromatic rings. The van der Waals surface area contributed by atoms with Crippen molar-refractivity contribution in [1.29, 1.82) is 0 Å². The Morgan fingerprint density at radius 2 is 2.04 bits per heavy atom. The van der Waals surface area contributed by atoms with Gasteiger partial charge in [0.1, 0.15) is 12.2 Å². The largest absolute Gasteiger partial charge is 0.481 e. The number of hydrogen-bond acceptors (Lipinski definition) is 3. The summed E-state index contributed by atoms with van der Waals surface area (Å²) in [7, 11) is 0. The summed E-state index contributed by atoms with van der Waals surface area (Å²) in [6, 6.07) is 5.31. The molecule has 0 saturated carbocycles. The zero-order valence-corrected chi connectivity index (χ0v) is 13.9. The fraction of sp³-hybridized carbons (Fsp3) is 0.250. The van der Waals surface area contributed by atoms with Crippen LogP contribution in [0.15, 0.2) is 28.9 Å². The van der Waals surface area contributed by atoms with Crippen molar-refractivity contribution in [3.63, 3.8) is 0 Å². The number of carbonyl (C=O) groups is 2. The summed E-state index contributed by atoms with van der Waals surface area (Å²) in [6.07, 6.45) is 1.55. The number of carbonyl (C=O) groups excluding carboxylic acids is 1. The predicted molar refractivity (Wildman–Crippen MR) is 87.3 cm³/mol. The van der Waals surface area contributed by atoms with E-state index in [4.69, 9.17) is 32.7 Å². The van der Waals surface area contributed by atoms with Crippen LogP contribution in [-0.4, -0.2) is 23.5 Å². The van der Waals surface area contributed by atoms with Crippen molar-refractivity contribution in [2.75, 3.05) is 6.54 Å². The lowest BCUT2D eigenvalue weighted by atomic mass is 10.1. The lowest BCUT2D eigenvalue weighted by molar-refractivity contribution is -0.136. The van der Waals surface area contributed by atoms with Gasteiger partial charge in [0.05, 0.1) is 21.9 Å². The van der Waals surface area contributed by atoms with Gasteiger partial charge >= 0.3 is 5.97 Å². The Labute approximate surface area is 143 Å². The molecule has 0 radical (unpaired) electrons. The van der Waals surface area contributed by atoms with Gasteiger partial charge in [-0.3, -0.25) is 9.59 Å². The Morgan fingerprint density at radius 1 is 1.30 bits per heavy atom. The molecular weight excluding hydrogens is 341 g/mol. The monoisotopic (exact) mass is 355 g/mol. The molecule has 0 spiro atoms. The zero-order valence-electron chi connectivity index (χ0n) is 12.4. The van der Waals surface area contributed by atoms with Crippen molar-refractivity contribution in [2.24, 2.45) is 0 Å². The van der Waals surface area contributed by atoms with Crippen LogP contribution in [0.2, 0.25) is 10.0 Å². The summed E-state index contributed by atoms with van der Waals surface area (Å²) in [5, 5.41) is 12.5. The van der Waals surface area contributed by atoms with Gasteiger partial charge in [0.2, 0.25) is 0 Å². The minimum Gasteiger partial charge on any atom is -0.481 e. The highest BCUT2D eigenvalue weighted by Crippen LogP contribution is 2.25. The van der Waals surface area contributed by atoms with E-state index in [0.29, 0.717) is 28.6 Å². The number of amides is 1. The smallest absolute Gasteiger partial charge is 0.311 e. The van der Waals surface area contributed by atoms with Gasteiger partial charge in [-0.05, 0) is 25.0 Å². The normalized spacial score (nSPS) is 10.6. The molecule has 1 aromatic carbocycles. The predicted octanol–water partition coefficient (Wildman–Crippen LogP) is 3.49. The van der Waals surface area contributed by atoms with Crippen molar-refractivity contribution >= 4 is 35.1 Å². The van der Waals surface area contributed by atoms with Gasteiger partial charge in [-0.2, -0.15) is 0 Å². The van der Waals surface area contributed by atoms with E-state index < -0.39 is 5.97 Å². The number of nitrogens with one attached hydrogen (secondary N) is 1. The summed E-state index contributed by atoms with van der Waals surface area (Å²) in [6.45, 7) is 2.04. The summed E-state index contributed by atoms with van der Waals surface area (Å²) in [5.74, 6) is -1.28. The topological polar surface area (TPSA) is 79.5 Å². The van der Waals surface area contributed by atoms with Crippen LogP contribution in [0.25, 0.3) is 0 Å². The van der Waals surface area contributed by atoms with E-state index in [-0.39, 0.29) is 23.7 Å². The molecular formula is C16H15Cl2NO4. The van der Waals surface area contributed by atoms with Crippen LogP contribution in [0, 0.1) is 6.92 Å². The number of hydrogen-bond donors (Lipinski definition) is 2. The van der Waals surface area contributed by atoms with E-state index in [9.17, 15) is 9.59 Å². The number of carboxylic acids is 1. The molecule has 0 aliphatic carbocycles. The van der Waals surface area contributed by atoms with Crippen LogP contribution < -0.4 is 5.32 Å². The average molecular weight is 356 g/mol. The molecule has 0 aliphatic heterocycles. The molecule has 2 rings (SSSR count). The summed E-state index contributed by atoms with van der Waals surface area (Å²) >= 11 is 12.0. The zero-order chi connectivity index (χ0) is 17.0. The number of halogens is 2. The van der Waals surface area contributed by atoms with Gasteiger partial charge in [-0.1, -0.05) is 35.3 Å². The van der Waals surface area contributed by atoms with Gasteiger partial charge in [0, 0.05) is 12.1 Å². The molecule has 1 heterocycles. The van der Waals surface area contributed by atoms with Crippen molar-refractivity contribution in [3.8, 4) is 0 Å². The van der Waals surface area contributed by atoms with Gasteiger partial charge in [-0.25, -0.2) is 0 Å². The number of furan rings is 1. The second kappa shape index (κ2) is 7.53. The molecule has 0 unspecified atom stereocenters. The number of carboxylic acid groups (broad SMARTS) is 1. The number of aliphatic carboxylic acids is 1. The fourth-order valence-electron chi connectivity index (χ4n) is 2.21. The highest BCUT2D eigenvalue weighted by atomic mass is 35.5. The molecule has 23 heavy (non-hydrogen) atoms. The van der Waals surface area contributed by atoms with Crippen LogP contribution in [0.1, 0.15) is 27.2 Å². The Balaban J connectivity index is 2.01. The first-order valence-corrected chi connectivity index (χ1v) is 7.65. The maximum atomic E-state index is 12.2. The molecule has 0 aliphatic rings. The van der Waals surface area contributed by atoms with E-state index in [2.05, 4.69) is 5.32 Å². The molecule has 0 saturated heterocycles. The van der Waals surface area contributed by atoms with Crippen LogP contribution >= 0.6 is 23.2 Å². The molecule has 122 valence electrons. The van der Waals surface area contributed by atoms with Crippen molar-refractivity contribution in [1.82, 2.24) is 5.32 Å². The highest BCUT2D eigenvalue weighted by Gasteiger charge is 2.20. The molecule has 0 fully saturated rings. The van der Waals surface area contributed by atoms with Crippen LogP contribution in [-0.2, 0) is 17.6 Å². The van der Waals surface area contributed by atoms with E-state index >= 15 is 0 Å². The Bertz CT molecular complexity index is 740. The maximum Gasteiger partial charge on any atom is 0.311 e. The Morgan fingerprint density at radius 3 is 2.74 bits per heavy atom. The lowest BCUT2D eigenvalue weighted by Gasteiger charge is -2.08. The highest BCUT2D eigenvalue weighted by molar-refractivity contribution is 6.42. The molecule has 1 amide bonds. The second-order valence-corrected chi connectivity index (χ2v) is 5.79. The Kier molecular flexibility index (Phi) is 5.69. The fourth-order valence-corrected chi connectivity index (χ4v) is 2.63. The van der Waals surface area contributed by atoms with Gasteiger partial charge in [0.15, 0.2) is 0 Å². The van der Waals surface area contributed by atoms with Crippen LogP contribution in [0.5, 0.6) is 0 Å². The number of rotatable bonds is 6. The van der Waals surface area contributed by atoms with E-state index in [1.165, 1.54) is 6.26 Å². The Hall–Kier alpha value is -1.98. The van der Waals surface area contributed by atoms with Crippen molar-refractivity contribution in [2.45, 2.75) is 19.8 Å². The maximum absolute atomic E-state index is 12.2. The molecule has 0 atom stereocenters. The first-order valence-electron chi connectivity index (χ1n) is 6.90. The van der Waals surface area contributed by atoms with E-state index in [1.54, 1.807) is 19.1 Å². The van der Waals surface area contributed by atoms with Gasteiger partial charge in [-0.15, -0.1) is 0 Å².